The molecule has 0 radical (unpaired) electrons. The van der Waals surface area contributed by atoms with E-state index >= 15 is 0 Å². The lowest BCUT2D eigenvalue weighted by molar-refractivity contribution is 0.123. The van der Waals surface area contributed by atoms with Gasteiger partial charge in [-0.05, 0) is 55.2 Å². The van der Waals surface area contributed by atoms with Crippen molar-refractivity contribution >= 4 is 11.6 Å². The van der Waals surface area contributed by atoms with Crippen LogP contribution in [0.4, 0.5) is 0 Å². The lowest BCUT2D eigenvalue weighted by Gasteiger charge is -2.38. The molecule has 0 unspecified atom stereocenters. The van der Waals surface area contributed by atoms with Gasteiger partial charge in [-0.2, -0.15) is 0 Å². The molecule has 1 saturated carbocycles. The Labute approximate surface area is 129 Å². The molecular weight excluding hydrogens is 284 g/mol. The first kappa shape index (κ1) is 13.0. The summed E-state index contributed by atoms with van der Waals surface area (Å²) in [6.45, 7) is 0. The molecule has 0 aromatic heterocycles. The quantitative estimate of drug-likeness (QED) is 0.829. The van der Waals surface area contributed by atoms with E-state index in [0.29, 0.717) is 5.75 Å². The van der Waals surface area contributed by atoms with Gasteiger partial charge in [-0.1, -0.05) is 30.2 Å². The fourth-order valence-electron chi connectivity index (χ4n) is 3.96. The fraction of sp³-hybridized carbons (Fsp3) is 0.333. The Morgan fingerprint density at radius 1 is 1.10 bits per heavy atom. The van der Waals surface area contributed by atoms with Gasteiger partial charge in [0.2, 0.25) is 0 Å². The minimum absolute atomic E-state index is 0.119. The number of halogens is 1. The number of hydrogen-bond donors (Lipinski definition) is 1. The van der Waals surface area contributed by atoms with Gasteiger partial charge < -0.3 is 9.84 Å². The van der Waals surface area contributed by atoms with Crippen LogP contribution in [-0.4, -0.2) is 11.2 Å². The molecule has 2 nitrogen and oxygen atoms in total. The van der Waals surface area contributed by atoms with Crippen LogP contribution in [0.25, 0.3) is 0 Å². The molecule has 2 atom stereocenters. The third-order valence-electron chi connectivity index (χ3n) is 4.91. The summed E-state index contributed by atoms with van der Waals surface area (Å²) in [4.78, 5) is 0. The average Bonchev–Trinajstić information content (AvgIpc) is 2.83. The van der Waals surface area contributed by atoms with Crippen LogP contribution in [0.1, 0.15) is 36.8 Å². The summed E-state index contributed by atoms with van der Waals surface area (Å²) in [5, 5.41) is 10.3. The average molecular weight is 301 g/mol. The molecule has 1 N–H and O–H groups in total. The molecule has 2 aliphatic rings. The van der Waals surface area contributed by atoms with Crippen LogP contribution < -0.4 is 4.74 Å². The van der Waals surface area contributed by atoms with Crippen LogP contribution in [-0.2, 0) is 5.41 Å². The molecule has 4 rings (SSSR count). The predicted octanol–water partition coefficient (Wildman–Crippen LogP) is 4.67. The van der Waals surface area contributed by atoms with Crippen molar-refractivity contribution in [3.8, 4) is 11.5 Å². The number of fused-ring (bicyclic) bond motifs is 3. The van der Waals surface area contributed by atoms with Crippen LogP contribution >= 0.6 is 11.6 Å². The maximum absolute atomic E-state index is 9.58. The largest absolute Gasteiger partial charge is 0.508 e. The molecule has 0 saturated heterocycles. The van der Waals surface area contributed by atoms with Gasteiger partial charge in [-0.15, -0.1) is 0 Å². The van der Waals surface area contributed by atoms with E-state index in [0.717, 1.165) is 23.6 Å². The highest BCUT2D eigenvalue weighted by molar-refractivity contribution is 6.30. The molecule has 2 aromatic carbocycles. The van der Waals surface area contributed by atoms with E-state index in [1.54, 1.807) is 12.1 Å². The number of aromatic hydroxyl groups is 1. The number of rotatable bonds is 1. The third-order valence-corrected chi connectivity index (χ3v) is 5.15. The van der Waals surface area contributed by atoms with Crippen LogP contribution in [0.2, 0.25) is 5.02 Å². The number of phenols is 1. The molecule has 0 amide bonds. The molecule has 1 aliphatic heterocycles. The lowest BCUT2D eigenvalue weighted by atomic mass is 9.64. The molecule has 2 aromatic rings. The topological polar surface area (TPSA) is 29.5 Å². The summed E-state index contributed by atoms with van der Waals surface area (Å²) in [7, 11) is 0. The molecule has 1 fully saturated rings. The number of ether oxygens (including phenoxy) is 1. The number of hydrogen-bond acceptors (Lipinski definition) is 2. The van der Waals surface area contributed by atoms with Crippen LogP contribution in [0, 0.1) is 0 Å². The van der Waals surface area contributed by atoms with Gasteiger partial charge in [0.25, 0.3) is 0 Å². The van der Waals surface area contributed by atoms with Gasteiger partial charge in [0, 0.05) is 10.6 Å². The Kier molecular flexibility index (Phi) is 2.90. The highest BCUT2D eigenvalue weighted by atomic mass is 35.5. The zero-order valence-corrected chi connectivity index (χ0v) is 12.4. The van der Waals surface area contributed by atoms with E-state index in [1.807, 2.05) is 24.3 Å². The molecular formula is C18H17ClO2. The minimum atomic E-state index is -0.119. The first-order valence-corrected chi connectivity index (χ1v) is 7.84. The van der Waals surface area contributed by atoms with E-state index < -0.39 is 0 Å². The first-order valence-electron chi connectivity index (χ1n) is 7.46. The van der Waals surface area contributed by atoms with Crippen LogP contribution in [0.5, 0.6) is 11.5 Å². The highest BCUT2D eigenvalue weighted by Gasteiger charge is 2.51. The summed E-state index contributed by atoms with van der Waals surface area (Å²) < 4.78 is 6.23. The van der Waals surface area contributed by atoms with E-state index in [4.69, 9.17) is 16.3 Å². The van der Waals surface area contributed by atoms with Crippen molar-refractivity contribution in [3.63, 3.8) is 0 Å². The van der Waals surface area contributed by atoms with Crippen LogP contribution in [0.3, 0.4) is 0 Å². The van der Waals surface area contributed by atoms with Crippen molar-refractivity contribution in [2.75, 3.05) is 0 Å². The predicted molar refractivity (Wildman–Crippen MR) is 83.2 cm³/mol. The number of benzene rings is 2. The molecule has 0 spiro atoms. The summed E-state index contributed by atoms with van der Waals surface area (Å²) in [6.07, 6.45) is 4.69. The normalized spacial score (nSPS) is 26.8. The molecule has 3 heteroatoms. The molecule has 108 valence electrons. The van der Waals surface area contributed by atoms with Gasteiger partial charge >= 0.3 is 0 Å². The standard InChI is InChI=1S/C18H17ClO2/c19-13-6-9-16-15(11-13)18(10-2-1-3-17(18)21-16)12-4-7-14(20)8-5-12/h4-9,11,17,20H,1-3,10H2/t17-,18+/m0/s1. The second-order valence-electron chi connectivity index (χ2n) is 6.01. The molecule has 21 heavy (non-hydrogen) atoms. The fourth-order valence-corrected chi connectivity index (χ4v) is 4.13. The summed E-state index contributed by atoms with van der Waals surface area (Å²) in [5.41, 5.74) is 2.29. The van der Waals surface area contributed by atoms with Crippen molar-refractivity contribution in [2.24, 2.45) is 0 Å². The lowest BCUT2D eigenvalue weighted by Crippen LogP contribution is -2.41. The van der Waals surface area contributed by atoms with E-state index in [1.165, 1.54) is 24.0 Å². The molecule has 0 bridgehead atoms. The second-order valence-corrected chi connectivity index (χ2v) is 6.45. The molecule has 1 aliphatic carbocycles. The van der Waals surface area contributed by atoms with E-state index in [2.05, 4.69) is 6.07 Å². The van der Waals surface area contributed by atoms with Crippen molar-refractivity contribution < 1.29 is 9.84 Å². The molecule has 1 heterocycles. The van der Waals surface area contributed by atoms with Gasteiger partial charge in [-0.25, -0.2) is 0 Å². The minimum Gasteiger partial charge on any atom is -0.508 e. The Morgan fingerprint density at radius 2 is 1.90 bits per heavy atom. The maximum Gasteiger partial charge on any atom is 0.124 e. The van der Waals surface area contributed by atoms with Gasteiger partial charge in [-0.3, -0.25) is 0 Å². The second kappa shape index (κ2) is 4.67. The van der Waals surface area contributed by atoms with E-state index in [-0.39, 0.29) is 11.5 Å². The maximum atomic E-state index is 9.58. The first-order chi connectivity index (χ1) is 10.2. The monoisotopic (exact) mass is 300 g/mol. The van der Waals surface area contributed by atoms with Gasteiger partial charge in [0.05, 0.1) is 5.41 Å². The third kappa shape index (κ3) is 1.86. The van der Waals surface area contributed by atoms with Crippen molar-refractivity contribution in [2.45, 2.75) is 37.2 Å². The smallest absolute Gasteiger partial charge is 0.124 e. The van der Waals surface area contributed by atoms with Crippen molar-refractivity contribution in [1.82, 2.24) is 0 Å². The Hall–Kier alpha value is -1.67. The van der Waals surface area contributed by atoms with Crippen molar-refractivity contribution in [1.29, 1.82) is 0 Å². The summed E-state index contributed by atoms with van der Waals surface area (Å²) >= 11 is 6.23. The summed E-state index contributed by atoms with van der Waals surface area (Å²) in [5.74, 6) is 1.26. The Bertz CT molecular complexity index is 680. The summed E-state index contributed by atoms with van der Waals surface area (Å²) in [6, 6.07) is 13.5. The Balaban J connectivity index is 1.93. The Morgan fingerprint density at radius 3 is 2.71 bits per heavy atom. The zero-order valence-electron chi connectivity index (χ0n) is 11.7. The number of phenolic OH excluding ortho intramolecular Hbond substituents is 1. The van der Waals surface area contributed by atoms with Gasteiger partial charge in [0.1, 0.15) is 17.6 Å². The van der Waals surface area contributed by atoms with Crippen LogP contribution in [0.15, 0.2) is 42.5 Å². The van der Waals surface area contributed by atoms with Gasteiger partial charge in [0.15, 0.2) is 0 Å². The van der Waals surface area contributed by atoms with E-state index in [9.17, 15) is 5.11 Å². The van der Waals surface area contributed by atoms with Crippen molar-refractivity contribution in [3.05, 3.63) is 58.6 Å². The zero-order chi connectivity index (χ0) is 14.4. The SMILES string of the molecule is Oc1ccc([C@@]23CCCC[C@@H]2Oc2ccc(Cl)cc23)cc1. The highest BCUT2D eigenvalue weighted by Crippen LogP contribution is 2.54.